The molecule has 102 valence electrons. The average Bonchev–Trinajstić information content (AvgIpc) is 2.17. The van der Waals surface area contributed by atoms with E-state index in [1.165, 1.54) is 0 Å². The summed E-state index contributed by atoms with van der Waals surface area (Å²) in [5.74, 6) is -0.0322. The van der Waals surface area contributed by atoms with Gasteiger partial charge in [0.1, 0.15) is 0 Å². The van der Waals surface area contributed by atoms with Gasteiger partial charge in [0.05, 0.1) is 13.1 Å². The smallest absolute Gasteiger partial charge is 0.352 e. The third kappa shape index (κ3) is 8.01. The molecule has 2 N–H and O–H groups in total. The Kier molecular flexibility index (Phi) is 7.18. The van der Waals surface area contributed by atoms with Gasteiger partial charge in [0, 0.05) is 6.04 Å². The summed E-state index contributed by atoms with van der Waals surface area (Å²) in [6, 6.07) is -0.00909. The van der Waals surface area contributed by atoms with Gasteiger partial charge in [-0.1, -0.05) is 26.7 Å². The number of carbonyl (C=O) groups excluding carboxylic acids is 1. The van der Waals surface area contributed by atoms with E-state index in [1.54, 1.807) is 0 Å². The number of nitrogens with one attached hydrogen (secondary N) is 2. The standard InChI is InChI=1S/C11H21F3N2O/c1-4-9(5-2)8(3)16-10(17)6-15-7-11(12,13)14/h8-9,15H,4-7H2,1-3H3,(H,16,17). The van der Waals surface area contributed by atoms with Crippen molar-refractivity contribution in [2.45, 2.75) is 45.8 Å². The summed E-state index contributed by atoms with van der Waals surface area (Å²) in [6.07, 6.45) is -2.40. The number of rotatable bonds is 7. The predicted molar refractivity (Wildman–Crippen MR) is 60.6 cm³/mol. The van der Waals surface area contributed by atoms with Crippen molar-refractivity contribution >= 4 is 5.91 Å². The normalized spacial score (nSPS) is 13.8. The molecule has 0 heterocycles. The first-order valence-electron chi connectivity index (χ1n) is 5.87. The van der Waals surface area contributed by atoms with Crippen LogP contribution in [0.25, 0.3) is 0 Å². The Morgan fingerprint density at radius 3 is 2.18 bits per heavy atom. The van der Waals surface area contributed by atoms with E-state index in [4.69, 9.17) is 0 Å². The van der Waals surface area contributed by atoms with Crippen molar-refractivity contribution in [3.05, 3.63) is 0 Å². The number of halogens is 3. The van der Waals surface area contributed by atoms with Crippen LogP contribution in [-0.4, -0.2) is 31.2 Å². The van der Waals surface area contributed by atoms with E-state index >= 15 is 0 Å². The molecule has 0 rings (SSSR count). The van der Waals surface area contributed by atoms with Gasteiger partial charge in [0.25, 0.3) is 0 Å². The van der Waals surface area contributed by atoms with Crippen molar-refractivity contribution in [2.24, 2.45) is 5.92 Å². The Bertz CT molecular complexity index is 227. The number of hydrogen-bond acceptors (Lipinski definition) is 2. The van der Waals surface area contributed by atoms with Crippen LogP contribution < -0.4 is 10.6 Å². The van der Waals surface area contributed by atoms with E-state index in [2.05, 4.69) is 10.6 Å². The summed E-state index contributed by atoms with van der Waals surface area (Å²) in [5, 5.41) is 4.77. The largest absolute Gasteiger partial charge is 0.401 e. The van der Waals surface area contributed by atoms with Crippen molar-refractivity contribution < 1.29 is 18.0 Å². The second-order valence-corrected chi connectivity index (χ2v) is 4.15. The van der Waals surface area contributed by atoms with E-state index in [0.29, 0.717) is 5.92 Å². The van der Waals surface area contributed by atoms with E-state index in [0.717, 1.165) is 12.8 Å². The molecule has 0 aromatic rings. The van der Waals surface area contributed by atoms with Gasteiger partial charge in [-0.25, -0.2) is 0 Å². The van der Waals surface area contributed by atoms with E-state index in [1.807, 2.05) is 20.8 Å². The van der Waals surface area contributed by atoms with Gasteiger partial charge in [-0.3, -0.25) is 4.79 Å². The topological polar surface area (TPSA) is 41.1 Å². The molecule has 1 amide bonds. The Morgan fingerprint density at radius 1 is 1.24 bits per heavy atom. The fourth-order valence-corrected chi connectivity index (χ4v) is 1.74. The zero-order valence-electron chi connectivity index (χ0n) is 10.5. The first-order valence-corrected chi connectivity index (χ1v) is 5.87. The summed E-state index contributed by atoms with van der Waals surface area (Å²) < 4.78 is 35.4. The van der Waals surface area contributed by atoms with E-state index < -0.39 is 18.6 Å². The molecule has 1 atom stereocenters. The Hall–Kier alpha value is -0.780. The molecule has 0 aliphatic carbocycles. The second-order valence-electron chi connectivity index (χ2n) is 4.15. The molecule has 0 bridgehead atoms. The minimum Gasteiger partial charge on any atom is -0.352 e. The molecule has 0 aliphatic rings. The van der Waals surface area contributed by atoms with Crippen molar-refractivity contribution in [1.29, 1.82) is 0 Å². The molecule has 0 spiro atoms. The van der Waals surface area contributed by atoms with Crippen LogP contribution in [0.4, 0.5) is 13.2 Å². The molecule has 0 radical (unpaired) electrons. The van der Waals surface area contributed by atoms with Crippen LogP contribution in [0.2, 0.25) is 0 Å². The maximum Gasteiger partial charge on any atom is 0.401 e. The third-order valence-corrected chi connectivity index (χ3v) is 2.76. The van der Waals surface area contributed by atoms with Crippen LogP contribution in [0.15, 0.2) is 0 Å². The lowest BCUT2D eigenvalue weighted by Crippen LogP contribution is -2.43. The minimum atomic E-state index is -4.28. The summed E-state index contributed by atoms with van der Waals surface area (Å²) in [6.45, 7) is 4.49. The highest BCUT2D eigenvalue weighted by molar-refractivity contribution is 5.78. The van der Waals surface area contributed by atoms with Gasteiger partial charge in [0.2, 0.25) is 5.91 Å². The van der Waals surface area contributed by atoms with Gasteiger partial charge in [0.15, 0.2) is 0 Å². The molecule has 0 fully saturated rings. The van der Waals surface area contributed by atoms with Crippen LogP contribution in [0.1, 0.15) is 33.6 Å². The fourth-order valence-electron chi connectivity index (χ4n) is 1.74. The van der Waals surface area contributed by atoms with Gasteiger partial charge in [-0.05, 0) is 12.8 Å². The molecule has 0 saturated carbocycles. The van der Waals surface area contributed by atoms with Crippen LogP contribution in [0.3, 0.4) is 0 Å². The monoisotopic (exact) mass is 254 g/mol. The zero-order chi connectivity index (χ0) is 13.5. The van der Waals surface area contributed by atoms with Crippen molar-refractivity contribution in [1.82, 2.24) is 10.6 Å². The highest BCUT2D eigenvalue weighted by atomic mass is 19.4. The maximum atomic E-state index is 11.8. The predicted octanol–water partition coefficient (Wildman–Crippen LogP) is 2.08. The molecule has 0 aromatic carbocycles. The van der Waals surface area contributed by atoms with Gasteiger partial charge in [-0.2, -0.15) is 13.2 Å². The van der Waals surface area contributed by atoms with Crippen molar-refractivity contribution in [2.75, 3.05) is 13.1 Å². The van der Waals surface area contributed by atoms with E-state index in [9.17, 15) is 18.0 Å². The van der Waals surface area contributed by atoms with Crippen LogP contribution in [0, 0.1) is 5.92 Å². The van der Waals surface area contributed by atoms with Crippen LogP contribution in [-0.2, 0) is 4.79 Å². The number of amides is 1. The Balaban J connectivity index is 3.86. The molecule has 6 heteroatoms. The second kappa shape index (κ2) is 7.53. The van der Waals surface area contributed by atoms with Crippen LogP contribution >= 0.6 is 0 Å². The van der Waals surface area contributed by atoms with E-state index in [-0.39, 0.29) is 12.6 Å². The summed E-state index contributed by atoms with van der Waals surface area (Å²) in [7, 11) is 0. The SMILES string of the molecule is CCC(CC)C(C)NC(=O)CNCC(F)(F)F. The number of hydrogen-bond donors (Lipinski definition) is 2. The Morgan fingerprint density at radius 2 is 1.76 bits per heavy atom. The first kappa shape index (κ1) is 16.2. The third-order valence-electron chi connectivity index (χ3n) is 2.76. The fraction of sp³-hybridized carbons (Fsp3) is 0.909. The lowest BCUT2D eigenvalue weighted by Gasteiger charge is -2.22. The molecule has 0 aliphatic heterocycles. The summed E-state index contributed by atoms with van der Waals surface area (Å²) >= 11 is 0. The van der Waals surface area contributed by atoms with Crippen molar-refractivity contribution in [3.8, 4) is 0 Å². The van der Waals surface area contributed by atoms with Crippen LogP contribution in [0.5, 0.6) is 0 Å². The summed E-state index contributed by atoms with van der Waals surface area (Å²) in [5.41, 5.74) is 0. The molecule has 1 unspecified atom stereocenters. The molecule has 0 aromatic heterocycles. The van der Waals surface area contributed by atoms with Gasteiger partial charge in [-0.15, -0.1) is 0 Å². The molecular weight excluding hydrogens is 233 g/mol. The lowest BCUT2D eigenvalue weighted by molar-refractivity contribution is -0.128. The van der Waals surface area contributed by atoms with Gasteiger partial charge >= 0.3 is 6.18 Å². The molecule has 0 saturated heterocycles. The highest BCUT2D eigenvalue weighted by Gasteiger charge is 2.26. The molecule has 17 heavy (non-hydrogen) atoms. The maximum absolute atomic E-state index is 11.8. The number of carbonyl (C=O) groups is 1. The molecule has 3 nitrogen and oxygen atoms in total. The van der Waals surface area contributed by atoms with Gasteiger partial charge < -0.3 is 10.6 Å². The summed E-state index contributed by atoms with van der Waals surface area (Å²) in [4.78, 5) is 11.3. The minimum absolute atomic E-state index is 0.00909. The lowest BCUT2D eigenvalue weighted by atomic mass is 9.95. The average molecular weight is 254 g/mol. The quantitative estimate of drug-likeness (QED) is 0.730. The first-order chi connectivity index (χ1) is 7.80. The molecular formula is C11H21F3N2O. The zero-order valence-corrected chi connectivity index (χ0v) is 10.5. The highest BCUT2D eigenvalue weighted by Crippen LogP contribution is 2.13. The Labute approximate surface area is 100 Å². The van der Waals surface area contributed by atoms with Crippen molar-refractivity contribution in [3.63, 3.8) is 0 Å². The number of alkyl halides is 3.